The minimum absolute atomic E-state index is 0.0600. The fraction of sp³-hybridized carbons (Fsp3) is 0.963. The number of urea groups is 1. The number of hydrogen-bond donors (Lipinski definition) is 2. The first-order valence-electron chi connectivity index (χ1n) is 14.4. The highest BCUT2D eigenvalue weighted by Crippen LogP contribution is 2.50. The standard InChI is InChI=1S/C27H45F3N4O/c1-19(23-7-4-5-14-31-23)32-25(35)33-15-13-26(17-33)16-20-6-2-3-8-24(20)34(18-26)22-11-9-21(10-12-22)27(28,29)30/h19-24,31H,2-18H2,1H3,(H,32,35). The maximum Gasteiger partial charge on any atom is 0.391 e. The number of carbonyl (C=O) groups is 1. The van der Waals surface area contributed by atoms with Crippen molar-refractivity contribution in [2.24, 2.45) is 17.3 Å². The van der Waals surface area contributed by atoms with Crippen LogP contribution in [0.3, 0.4) is 0 Å². The second kappa shape index (κ2) is 10.4. The van der Waals surface area contributed by atoms with Crippen molar-refractivity contribution in [1.82, 2.24) is 20.4 Å². The zero-order valence-electron chi connectivity index (χ0n) is 21.4. The molecule has 5 rings (SSSR count). The van der Waals surface area contributed by atoms with E-state index in [-0.39, 0.29) is 36.4 Å². The van der Waals surface area contributed by atoms with Gasteiger partial charge in [0.25, 0.3) is 0 Å². The van der Waals surface area contributed by atoms with Gasteiger partial charge in [-0.1, -0.05) is 19.3 Å². The number of carbonyl (C=O) groups excluding carboxylic acids is 1. The summed E-state index contributed by atoms with van der Waals surface area (Å²) in [4.78, 5) is 17.9. The normalized spacial score (nSPS) is 39.9. The Balaban J connectivity index is 1.23. The van der Waals surface area contributed by atoms with E-state index in [9.17, 15) is 18.0 Å². The quantitative estimate of drug-likeness (QED) is 0.555. The van der Waals surface area contributed by atoms with Crippen LogP contribution in [0.5, 0.6) is 0 Å². The molecule has 2 saturated carbocycles. The predicted molar refractivity (Wildman–Crippen MR) is 131 cm³/mol. The number of halogens is 3. The van der Waals surface area contributed by atoms with E-state index in [4.69, 9.17) is 0 Å². The number of amides is 2. The summed E-state index contributed by atoms with van der Waals surface area (Å²) in [6, 6.07) is 1.33. The van der Waals surface area contributed by atoms with Gasteiger partial charge in [0.15, 0.2) is 0 Å². The van der Waals surface area contributed by atoms with Crippen molar-refractivity contribution in [3.05, 3.63) is 0 Å². The molecule has 8 heteroatoms. The van der Waals surface area contributed by atoms with E-state index in [1.807, 2.05) is 4.90 Å². The van der Waals surface area contributed by atoms with E-state index in [1.165, 1.54) is 44.9 Å². The molecule has 35 heavy (non-hydrogen) atoms. The summed E-state index contributed by atoms with van der Waals surface area (Å²) in [5.74, 6) is -0.489. The van der Waals surface area contributed by atoms with Crippen molar-refractivity contribution < 1.29 is 18.0 Å². The van der Waals surface area contributed by atoms with Gasteiger partial charge in [0.2, 0.25) is 0 Å². The highest BCUT2D eigenvalue weighted by molar-refractivity contribution is 5.75. The van der Waals surface area contributed by atoms with E-state index >= 15 is 0 Å². The summed E-state index contributed by atoms with van der Waals surface area (Å²) in [6.07, 6.45) is 8.50. The summed E-state index contributed by atoms with van der Waals surface area (Å²) in [5.41, 5.74) is 0.100. The minimum Gasteiger partial charge on any atom is -0.334 e. The summed E-state index contributed by atoms with van der Waals surface area (Å²) < 4.78 is 39.9. The van der Waals surface area contributed by atoms with Crippen LogP contribution in [0.2, 0.25) is 0 Å². The summed E-state index contributed by atoms with van der Waals surface area (Å²) >= 11 is 0. The van der Waals surface area contributed by atoms with Gasteiger partial charge in [-0.25, -0.2) is 4.79 Å². The number of alkyl halides is 3. The molecular weight excluding hydrogens is 453 g/mol. The lowest BCUT2D eigenvalue weighted by atomic mass is 9.66. The molecule has 5 atom stereocenters. The topological polar surface area (TPSA) is 47.6 Å². The van der Waals surface area contributed by atoms with Gasteiger partial charge in [0, 0.05) is 49.2 Å². The Morgan fingerprint density at radius 2 is 1.74 bits per heavy atom. The SMILES string of the molecule is CC(NC(=O)N1CCC2(CC3CCCCC3N(C3CCC(C(F)(F)F)CC3)C2)C1)C1CCCCN1. The first-order valence-corrected chi connectivity index (χ1v) is 14.4. The van der Waals surface area contributed by atoms with Gasteiger partial charge < -0.3 is 15.5 Å². The van der Waals surface area contributed by atoms with Crippen LogP contribution in [0.1, 0.15) is 90.4 Å². The van der Waals surface area contributed by atoms with Gasteiger partial charge in [-0.15, -0.1) is 0 Å². The molecule has 0 radical (unpaired) electrons. The fourth-order valence-electron chi connectivity index (χ4n) is 8.22. The summed E-state index contributed by atoms with van der Waals surface area (Å²) in [7, 11) is 0. The van der Waals surface area contributed by atoms with Crippen molar-refractivity contribution in [1.29, 1.82) is 0 Å². The minimum atomic E-state index is -4.05. The number of nitrogens with one attached hydrogen (secondary N) is 2. The Bertz CT molecular complexity index is 734. The Hall–Kier alpha value is -1.02. The molecule has 0 aromatic carbocycles. The molecule has 5 aliphatic rings. The zero-order valence-corrected chi connectivity index (χ0v) is 21.4. The van der Waals surface area contributed by atoms with Crippen LogP contribution < -0.4 is 10.6 Å². The molecule has 3 aliphatic heterocycles. The van der Waals surface area contributed by atoms with E-state index in [2.05, 4.69) is 22.5 Å². The highest BCUT2D eigenvalue weighted by Gasteiger charge is 2.52. The fourth-order valence-corrected chi connectivity index (χ4v) is 8.22. The van der Waals surface area contributed by atoms with Gasteiger partial charge in [-0.05, 0) is 83.6 Å². The van der Waals surface area contributed by atoms with Crippen LogP contribution >= 0.6 is 0 Å². The largest absolute Gasteiger partial charge is 0.391 e. The zero-order chi connectivity index (χ0) is 24.6. The predicted octanol–water partition coefficient (Wildman–Crippen LogP) is 5.30. The highest BCUT2D eigenvalue weighted by atomic mass is 19.4. The monoisotopic (exact) mass is 498 g/mol. The lowest BCUT2D eigenvalue weighted by Gasteiger charge is -2.55. The molecule has 2 N–H and O–H groups in total. The van der Waals surface area contributed by atoms with E-state index in [0.717, 1.165) is 39.0 Å². The third-order valence-corrected chi connectivity index (χ3v) is 10.2. The third-order valence-electron chi connectivity index (χ3n) is 10.2. The Morgan fingerprint density at radius 3 is 2.46 bits per heavy atom. The maximum atomic E-state index is 13.3. The molecule has 0 aromatic heterocycles. The van der Waals surface area contributed by atoms with Crippen LogP contribution in [0.15, 0.2) is 0 Å². The van der Waals surface area contributed by atoms with Crippen LogP contribution in [-0.4, -0.2) is 72.4 Å². The first kappa shape index (κ1) is 25.6. The molecule has 5 nitrogen and oxygen atoms in total. The van der Waals surface area contributed by atoms with Gasteiger partial charge in [-0.2, -0.15) is 13.2 Å². The van der Waals surface area contributed by atoms with Crippen molar-refractivity contribution in [3.8, 4) is 0 Å². The Labute approximate surface area is 208 Å². The van der Waals surface area contributed by atoms with Crippen LogP contribution in [0, 0.1) is 17.3 Å². The average molecular weight is 499 g/mol. The molecule has 0 aromatic rings. The van der Waals surface area contributed by atoms with Crippen LogP contribution in [0.4, 0.5) is 18.0 Å². The van der Waals surface area contributed by atoms with Crippen molar-refractivity contribution in [2.45, 2.75) is 121 Å². The lowest BCUT2D eigenvalue weighted by molar-refractivity contribution is -0.186. The number of rotatable bonds is 3. The van der Waals surface area contributed by atoms with Gasteiger partial charge in [0.1, 0.15) is 0 Å². The third kappa shape index (κ3) is 5.63. The number of nitrogens with zero attached hydrogens (tertiary/aromatic N) is 2. The van der Waals surface area contributed by atoms with Crippen molar-refractivity contribution in [3.63, 3.8) is 0 Å². The first-order chi connectivity index (χ1) is 16.7. The molecule has 1 spiro atoms. The smallest absolute Gasteiger partial charge is 0.334 e. The van der Waals surface area contributed by atoms with Gasteiger partial charge in [0.05, 0.1) is 5.92 Å². The Kier molecular flexibility index (Phi) is 7.61. The van der Waals surface area contributed by atoms with Gasteiger partial charge in [-0.3, -0.25) is 4.90 Å². The molecule has 200 valence electrons. The molecular formula is C27H45F3N4O. The van der Waals surface area contributed by atoms with Crippen molar-refractivity contribution in [2.75, 3.05) is 26.2 Å². The molecule has 5 fully saturated rings. The second-order valence-corrected chi connectivity index (χ2v) is 12.5. The van der Waals surface area contributed by atoms with E-state index in [1.54, 1.807) is 0 Å². The Morgan fingerprint density at radius 1 is 1.00 bits per heavy atom. The number of fused-ring (bicyclic) bond motifs is 1. The van der Waals surface area contributed by atoms with E-state index < -0.39 is 12.1 Å². The van der Waals surface area contributed by atoms with Crippen LogP contribution in [0.25, 0.3) is 0 Å². The van der Waals surface area contributed by atoms with Crippen molar-refractivity contribution >= 4 is 6.03 Å². The van der Waals surface area contributed by atoms with Gasteiger partial charge >= 0.3 is 12.2 Å². The van der Waals surface area contributed by atoms with Crippen LogP contribution in [-0.2, 0) is 0 Å². The molecule has 0 bridgehead atoms. The molecule has 2 aliphatic carbocycles. The summed E-state index contributed by atoms with van der Waals surface area (Å²) in [6.45, 7) is 5.68. The lowest BCUT2D eigenvalue weighted by Crippen LogP contribution is -2.59. The van der Waals surface area contributed by atoms with E-state index in [0.29, 0.717) is 30.8 Å². The second-order valence-electron chi connectivity index (χ2n) is 12.5. The molecule has 2 amide bonds. The number of piperidine rings is 2. The maximum absolute atomic E-state index is 13.3. The average Bonchev–Trinajstić information content (AvgIpc) is 3.26. The molecule has 5 unspecified atom stereocenters. The molecule has 3 saturated heterocycles. The number of hydrogen-bond acceptors (Lipinski definition) is 3. The number of likely N-dealkylation sites (tertiary alicyclic amines) is 2. The molecule has 3 heterocycles. The summed E-state index contributed by atoms with van der Waals surface area (Å²) in [5, 5.41) is 6.81.